The predicted octanol–water partition coefficient (Wildman–Crippen LogP) is 1.32. The second kappa shape index (κ2) is 4.88. The normalized spacial score (nSPS) is 9.31. The summed E-state index contributed by atoms with van der Waals surface area (Å²) in [6.07, 6.45) is 1.74. The molecule has 0 saturated carbocycles. The topological polar surface area (TPSA) is 49.8 Å². The van der Waals surface area contributed by atoms with Gasteiger partial charge in [-0.2, -0.15) is 0 Å². The Morgan fingerprint density at radius 1 is 1.69 bits per heavy atom. The van der Waals surface area contributed by atoms with Gasteiger partial charge in [0.1, 0.15) is 5.01 Å². The van der Waals surface area contributed by atoms with Gasteiger partial charge in [-0.05, 0) is 19.1 Å². The van der Waals surface area contributed by atoms with Crippen LogP contribution in [0.1, 0.15) is 5.01 Å². The van der Waals surface area contributed by atoms with Gasteiger partial charge < -0.3 is 10.6 Å². The zero-order chi connectivity index (χ0) is 9.68. The van der Waals surface area contributed by atoms with Crippen LogP contribution in [0.2, 0.25) is 0 Å². The molecule has 6 heteroatoms. The largest absolute Gasteiger partial charge is 0.359 e. The first-order chi connectivity index (χ1) is 6.22. The monoisotopic (exact) mass is 214 g/mol. The molecule has 0 fully saturated rings. The number of thiocarbonyl (C=S) groups is 1. The Hall–Kier alpha value is -1.01. The summed E-state index contributed by atoms with van der Waals surface area (Å²) in [6.45, 7) is 6.10. The third-order valence-corrected chi connectivity index (χ3v) is 2.15. The molecule has 0 radical (unpaired) electrons. The zero-order valence-electron chi connectivity index (χ0n) is 7.20. The molecule has 0 aliphatic carbocycles. The van der Waals surface area contributed by atoms with Crippen molar-refractivity contribution in [2.45, 2.75) is 6.92 Å². The molecule has 0 aromatic carbocycles. The molecule has 13 heavy (non-hydrogen) atoms. The van der Waals surface area contributed by atoms with Crippen LogP contribution in [0.25, 0.3) is 0 Å². The van der Waals surface area contributed by atoms with Crippen molar-refractivity contribution >= 4 is 33.8 Å². The number of rotatable bonds is 3. The maximum atomic E-state index is 4.98. The average Bonchev–Trinajstić information content (AvgIpc) is 2.48. The Kier molecular flexibility index (Phi) is 3.78. The van der Waals surface area contributed by atoms with Crippen molar-refractivity contribution in [2.24, 2.45) is 0 Å². The Bertz CT molecular complexity index is 307. The fraction of sp³-hybridized carbons (Fsp3) is 0.286. The molecule has 1 heterocycles. The van der Waals surface area contributed by atoms with Gasteiger partial charge in [-0.3, -0.25) is 0 Å². The van der Waals surface area contributed by atoms with E-state index >= 15 is 0 Å². The molecular formula is C7H10N4S2. The van der Waals surface area contributed by atoms with Gasteiger partial charge in [-0.25, -0.2) is 0 Å². The van der Waals surface area contributed by atoms with Gasteiger partial charge in [0.15, 0.2) is 5.11 Å². The lowest BCUT2D eigenvalue weighted by atomic mass is 10.6. The van der Waals surface area contributed by atoms with E-state index in [0.29, 0.717) is 16.8 Å². The maximum absolute atomic E-state index is 4.98. The molecule has 1 aromatic heterocycles. The highest BCUT2D eigenvalue weighted by Gasteiger charge is 2.00. The van der Waals surface area contributed by atoms with Crippen LogP contribution < -0.4 is 10.6 Å². The molecule has 4 nitrogen and oxygen atoms in total. The van der Waals surface area contributed by atoms with E-state index in [1.54, 1.807) is 6.08 Å². The van der Waals surface area contributed by atoms with Crippen LogP contribution in [0.4, 0.5) is 5.13 Å². The number of anilines is 1. The predicted molar refractivity (Wildman–Crippen MR) is 59.1 cm³/mol. The molecule has 0 spiro atoms. The number of aryl methyl sites for hydroxylation is 1. The Labute approximate surface area is 86.1 Å². The van der Waals surface area contributed by atoms with Crippen LogP contribution in [-0.4, -0.2) is 21.9 Å². The highest BCUT2D eigenvalue weighted by Crippen LogP contribution is 2.12. The first-order valence-corrected chi connectivity index (χ1v) is 4.90. The fourth-order valence-electron chi connectivity index (χ4n) is 0.653. The van der Waals surface area contributed by atoms with Crippen LogP contribution in [-0.2, 0) is 0 Å². The smallest absolute Gasteiger partial charge is 0.211 e. The molecular weight excluding hydrogens is 204 g/mol. The third kappa shape index (κ3) is 3.47. The van der Waals surface area contributed by atoms with Crippen molar-refractivity contribution in [3.8, 4) is 0 Å². The molecule has 0 atom stereocenters. The lowest BCUT2D eigenvalue weighted by Gasteiger charge is -2.03. The SMILES string of the molecule is C=CCNC(=S)Nc1nnc(C)s1. The van der Waals surface area contributed by atoms with Gasteiger partial charge >= 0.3 is 0 Å². The summed E-state index contributed by atoms with van der Waals surface area (Å²) in [7, 11) is 0. The van der Waals surface area contributed by atoms with Crippen LogP contribution in [0, 0.1) is 6.92 Å². The van der Waals surface area contributed by atoms with E-state index in [2.05, 4.69) is 27.4 Å². The zero-order valence-corrected chi connectivity index (χ0v) is 8.84. The van der Waals surface area contributed by atoms with Crippen molar-refractivity contribution in [1.29, 1.82) is 0 Å². The van der Waals surface area contributed by atoms with Gasteiger partial charge in [0.2, 0.25) is 5.13 Å². The molecule has 70 valence electrons. The van der Waals surface area contributed by atoms with Crippen molar-refractivity contribution in [3.05, 3.63) is 17.7 Å². The number of hydrogen-bond donors (Lipinski definition) is 2. The quantitative estimate of drug-likeness (QED) is 0.587. The summed E-state index contributed by atoms with van der Waals surface area (Å²) in [5.41, 5.74) is 0. The van der Waals surface area contributed by atoms with Gasteiger partial charge in [0.05, 0.1) is 0 Å². The Balaban J connectivity index is 2.40. The fourth-order valence-corrected chi connectivity index (χ4v) is 1.49. The van der Waals surface area contributed by atoms with Crippen molar-refractivity contribution in [3.63, 3.8) is 0 Å². The van der Waals surface area contributed by atoms with E-state index in [1.807, 2.05) is 6.92 Å². The van der Waals surface area contributed by atoms with E-state index in [-0.39, 0.29) is 0 Å². The summed E-state index contributed by atoms with van der Waals surface area (Å²) >= 11 is 6.44. The van der Waals surface area contributed by atoms with Crippen molar-refractivity contribution in [2.75, 3.05) is 11.9 Å². The second-order valence-electron chi connectivity index (χ2n) is 2.25. The highest BCUT2D eigenvalue weighted by molar-refractivity contribution is 7.80. The molecule has 0 aliphatic rings. The molecule has 1 aromatic rings. The maximum Gasteiger partial charge on any atom is 0.211 e. The number of nitrogens with one attached hydrogen (secondary N) is 2. The molecule has 0 unspecified atom stereocenters. The third-order valence-electron chi connectivity index (χ3n) is 1.15. The van der Waals surface area contributed by atoms with Crippen molar-refractivity contribution in [1.82, 2.24) is 15.5 Å². The molecule has 2 N–H and O–H groups in total. The van der Waals surface area contributed by atoms with Crippen LogP contribution in [0.15, 0.2) is 12.7 Å². The molecule has 1 rings (SSSR count). The van der Waals surface area contributed by atoms with Crippen molar-refractivity contribution < 1.29 is 0 Å². The van der Waals surface area contributed by atoms with E-state index in [1.165, 1.54) is 11.3 Å². The summed E-state index contributed by atoms with van der Waals surface area (Å²) in [5.74, 6) is 0. The average molecular weight is 214 g/mol. The molecule has 0 amide bonds. The lowest BCUT2D eigenvalue weighted by Crippen LogP contribution is -2.28. The highest BCUT2D eigenvalue weighted by atomic mass is 32.1. The van der Waals surface area contributed by atoms with Crippen LogP contribution in [0.5, 0.6) is 0 Å². The first-order valence-electron chi connectivity index (χ1n) is 3.68. The summed E-state index contributed by atoms with van der Waals surface area (Å²) in [5, 5.41) is 15.7. The standard InChI is InChI=1S/C7H10N4S2/c1-3-4-8-6(12)9-7-11-10-5(2)13-7/h3H,1,4H2,2H3,(H2,8,9,11,12). The first kappa shape index (κ1) is 10.1. The second-order valence-corrected chi connectivity index (χ2v) is 3.84. The Morgan fingerprint density at radius 3 is 3.00 bits per heavy atom. The van der Waals surface area contributed by atoms with E-state index in [0.717, 1.165) is 5.01 Å². The van der Waals surface area contributed by atoms with Crippen LogP contribution in [0.3, 0.4) is 0 Å². The molecule has 0 aliphatic heterocycles. The van der Waals surface area contributed by atoms with Crippen LogP contribution >= 0.6 is 23.6 Å². The minimum absolute atomic E-state index is 0.538. The van der Waals surface area contributed by atoms with E-state index in [9.17, 15) is 0 Å². The van der Waals surface area contributed by atoms with E-state index in [4.69, 9.17) is 12.2 Å². The van der Waals surface area contributed by atoms with Gasteiger partial charge in [0, 0.05) is 6.54 Å². The van der Waals surface area contributed by atoms with Gasteiger partial charge in [-0.1, -0.05) is 17.4 Å². The number of nitrogens with zero attached hydrogens (tertiary/aromatic N) is 2. The number of hydrogen-bond acceptors (Lipinski definition) is 4. The van der Waals surface area contributed by atoms with E-state index < -0.39 is 0 Å². The molecule has 0 bridgehead atoms. The number of aromatic nitrogens is 2. The van der Waals surface area contributed by atoms with Gasteiger partial charge in [-0.15, -0.1) is 16.8 Å². The minimum Gasteiger partial charge on any atom is -0.359 e. The van der Waals surface area contributed by atoms with Gasteiger partial charge in [0.25, 0.3) is 0 Å². The lowest BCUT2D eigenvalue weighted by molar-refractivity contribution is 1.04. The molecule has 0 saturated heterocycles. The summed E-state index contributed by atoms with van der Waals surface area (Å²) in [4.78, 5) is 0. The summed E-state index contributed by atoms with van der Waals surface area (Å²) in [6, 6.07) is 0. The Morgan fingerprint density at radius 2 is 2.46 bits per heavy atom. The summed E-state index contributed by atoms with van der Waals surface area (Å²) < 4.78 is 0. The minimum atomic E-state index is 0.538.